The molecule has 102 valence electrons. The van der Waals surface area contributed by atoms with Gasteiger partial charge in [-0.1, -0.05) is 49.5 Å². The Hall–Kier alpha value is -0.390. The van der Waals surface area contributed by atoms with Gasteiger partial charge < -0.3 is 5.11 Å². The van der Waals surface area contributed by atoms with Gasteiger partial charge in [0.1, 0.15) is 4.32 Å². The predicted octanol–water partition coefficient (Wildman–Crippen LogP) is 2.59. The number of amides is 1. The second-order valence-electron chi connectivity index (χ2n) is 5.17. The van der Waals surface area contributed by atoms with Gasteiger partial charge in [-0.2, -0.15) is 0 Å². The monoisotopic (exact) mass is 287 g/mol. The molecule has 1 aliphatic rings. The highest BCUT2D eigenvalue weighted by molar-refractivity contribution is 8.23. The van der Waals surface area contributed by atoms with Gasteiger partial charge in [0.15, 0.2) is 0 Å². The smallest absolute Gasteiger partial charge is 0.231 e. The van der Waals surface area contributed by atoms with Gasteiger partial charge in [0.25, 0.3) is 0 Å². The molecule has 0 radical (unpaired) electrons. The maximum Gasteiger partial charge on any atom is 0.231 e. The molecule has 1 aliphatic heterocycles. The summed E-state index contributed by atoms with van der Waals surface area (Å²) in [5.41, 5.74) is 1.01. The van der Waals surface area contributed by atoms with Crippen LogP contribution in [0, 0.1) is 5.92 Å². The highest BCUT2D eigenvalue weighted by Gasteiger charge is 2.35. The summed E-state index contributed by atoms with van der Waals surface area (Å²) in [6.07, 6.45) is 1.09. The molecule has 0 aliphatic carbocycles. The highest BCUT2D eigenvalue weighted by Crippen LogP contribution is 2.29. The Labute approximate surface area is 119 Å². The molecule has 1 amide bonds. The molecular weight excluding hydrogens is 266 g/mol. The van der Waals surface area contributed by atoms with Gasteiger partial charge in [-0.25, -0.2) is 0 Å². The number of aliphatic hydroxyl groups excluding tert-OH is 1. The van der Waals surface area contributed by atoms with Crippen molar-refractivity contribution in [1.82, 2.24) is 4.90 Å². The Balaban J connectivity index is 2.70. The molecule has 0 aromatic carbocycles. The first-order chi connectivity index (χ1) is 8.32. The number of thiocarbonyl (C=S) groups is 1. The highest BCUT2D eigenvalue weighted by atomic mass is 32.2. The molecule has 1 rings (SSSR count). The van der Waals surface area contributed by atoms with Crippen LogP contribution in [-0.4, -0.2) is 38.1 Å². The first-order valence-corrected chi connectivity index (χ1v) is 7.54. The number of carbonyl (C=O) groups excluding carboxylic acids is 1. The fourth-order valence-corrected chi connectivity index (χ4v) is 3.60. The van der Waals surface area contributed by atoms with Crippen molar-refractivity contribution >= 4 is 34.2 Å². The van der Waals surface area contributed by atoms with E-state index in [0.29, 0.717) is 10.2 Å². The van der Waals surface area contributed by atoms with Crippen LogP contribution < -0.4 is 0 Å². The lowest BCUT2D eigenvalue weighted by molar-refractivity contribution is -0.130. The average Bonchev–Trinajstić information content (AvgIpc) is 2.58. The number of thioether (sulfide) groups is 1. The van der Waals surface area contributed by atoms with Gasteiger partial charge in [-0.15, -0.1) is 0 Å². The summed E-state index contributed by atoms with van der Waals surface area (Å²) in [6.45, 7) is 7.99. The molecule has 0 bridgehead atoms. The van der Waals surface area contributed by atoms with Gasteiger partial charge in [0.2, 0.25) is 5.91 Å². The van der Waals surface area contributed by atoms with Crippen molar-refractivity contribution in [1.29, 1.82) is 0 Å². The van der Waals surface area contributed by atoms with Crippen LogP contribution in [0.1, 0.15) is 34.1 Å². The number of hydrogen-bond acceptors (Lipinski definition) is 4. The van der Waals surface area contributed by atoms with Crippen LogP contribution in [-0.2, 0) is 4.79 Å². The Morgan fingerprint density at radius 1 is 1.61 bits per heavy atom. The minimum Gasteiger partial charge on any atom is -0.388 e. The summed E-state index contributed by atoms with van der Waals surface area (Å²) in [5.74, 6) is 1.16. The van der Waals surface area contributed by atoms with Gasteiger partial charge in [0, 0.05) is 11.8 Å². The molecule has 0 aromatic heterocycles. The molecule has 0 aromatic rings. The van der Waals surface area contributed by atoms with Crippen LogP contribution in [0.4, 0.5) is 0 Å². The third-order valence-electron chi connectivity index (χ3n) is 2.85. The van der Waals surface area contributed by atoms with Crippen molar-refractivity contribution in [2.75, 3.05) is 5.75 Å². The number of carbonyl (C=O) groups is 1. The first kappa shape index (κ1) is 15.7. The van der Waals surface area contributed by atoms with Crippen LogP contribution in [0.25, 0.3) is 0 Å². The molecule has 5 heteroatoms. The second kappa shape index (κ2) is 6.68. The number of aliphatic hydroxyl groups is 1. The lowest BCUT2D eigenvalue weighted by atomic mass is 10.0. The largest absolute Gasteiger partial charge is 0.388 e. The van der Waals surface area contributed by atoms with E-state index in [0.717, 1.165) is 11.3 Å². The van der Waals surface area contributed by atoms with E-state index in [4.69, 9.17) is 12.2 Å². The van der Waals surface area contributed by atoms with E-state index in [-0.39, 0.29) is 18.4 Å². The Morgan fingerprint density at radius 2 is 2.22 bits per heavy atom. The molecule has 1 fully saturated rings. The van der Waals surface area contributed by atoms with Gasteiger partial charge in [-0.05, 0) is 19.8 Å². The van der Waals surface area contributed by atoms with E-state index in [1.165, 1.54) is 0 Å². The van der Waals surface area contributed by atoms with Gasteiger partial charge >= 0.3 is 0 Å². The molecular formula is C13H21NO2S2. The number of rotatable bonds is 4. The fourth-order valence-electron chi connectivity index (χ4n) is 1.93. The normalized spacial score (nSPS) is 21.3. The van der Waals surface area contributed by atoms with Crippen LogP contribution >= 0.6 is 24.0 Å². The summed E-state index contributed by atoms with van der Waals surface area (Å²) in [4.78, 5) is 13.9. The van der Waals surface area contributed by atoms with E-state index in [1.807, 2.05) is 13.8 Å². The van der Waals surface area contributed by atoms with E-state index in [9.17, 15) is 9.90 Å². The van der Waals surface area contributed by atoms with Crippen LogP contribution in [0.2, 0.25) is 0 Å². The summed E-state index contributed by atoms with van der Waals surface area (Å²) in [7, 11) is 0. The summed E-state index contributed by atoms with van der Waals surface area (Å²) in [6, 6.07) is 0.161. The maximum absolute atomic E-state index is 12.2. The predicted molar refractivity (Wildman–Crippen MR) is 80.6 cm³/mol. The lowest BCUT2D eigenvalue weighted by Crippen LogP contribution is -2.42. The van der Waals surface area contributed by atoms with E-state index >= 15 is 0 Å². The molecule has 1 heterocycles. The fraction of sp³-hybridized carbons (Fsp3) is 0.692. The van der Waals surface area contributed by atoms with E-state index in [1.54, 1.807) is 22.7 Å². The summed E-state index contributed by atoms with van der Waals surface area (Å²) < 4.78 is 0.642. The van der Waals surface area contributed by atoms with Gasteiger partial charge in [-0.3, -0.25) is 9.69 Å². The quantitative estimate of drug-likeness (QED) is 0.637. The molecule has 2 atom stereocenters. The standard InChI is InChI=1S/C13H21NO2S2/c1-8(2)5-10(15)6-12(16)14-11(9(3)4)7-18-13(14)17/h5,9-11,15H,6-7H2,1-4H3/t10-,11+/m0/s1. The molecule has 0 spiro atoms. The number of nitrogens with zero attached hydrogens (tertiary/aromatic N) is 1. The molecule has 1 N–H and O–H groups in total. The SMILES string of the molecule is CC(C)=C[C@H](O)CC(=O)N1C(=S)SC[C@@H]1C(C)C. The third-order valence-corrected chi connectivity index (χ3v) is 4.36. The molecule has 0 saturated carbocycles. The zero-order valence-electron chi connectivity index (χ0n) is 11.3. The number of hydrogen-bond donors (Lipinski definition) is 1. The van der Waals surface area contributed by atoms with Crippen molar-refractivity contribution in [3.63, 3.8) is 0 Å². The van der Waals surface area contributed by atoms with Crippen molar-refractivity contribution < 1.29 is 9.90 Å². The second-order valence-corrected chi connectivity index (χ2v) is 6.82. The topological polar surface area (TPSA) is 40.5 Å². The van der Waals surface area contributed by atoms with E-state index in [2.05, 4.69) is 13.8 Å². The zero-order chi connectivity index (χ0) is 13.9. The van der Waals surface area contributed by atoms with Crippen LogP contribution in [0.3, 0.4) is 0 Å². The average molecular weight is 287 g/mol. The molecule has 18 heavy (non-hydrogen) atoms. The molecule has 1 saturated heterocycles. The molecule has 3 nitrogen and oxygen atoms in total. The third kappa shape index (κ3) is 4.07. The van der Waals surface area contributed by atoms with Crippen LogP contribution in [0.15, 0.2) is 11.6 Å². The number of allylic oxidation sites excluding steroid dienone is 1. The Bertz CT molecular complexity index is 362. The zero-order valence-corrected chi connectivity index (χ0v) is 13.0. The summed E-state index contributed by atoms with van der Waals surface area (Å²) in [5, 5.41) is 9.79. The van der Waals surface area contributed by atoms with Crippen molar-refractivity contribution in [3.8, 4) is 0 Å². The minimum absolute atomic E-state index is 0.0753. The Morgan fingerprint density at radius 3 is 2.72 bits per heavy atom. The Kier molecular flexibility index (Phi) is 5.82. The van der Waals surface area contributed by atoms with Crippen LogP contribution in [0.5, 0.6) is 0 Å². The van der Waals surface area contributed by atoms with E-state index < -0.39 is 6.10 Å². The minimum atomic E-state index is -0.719. The van der Waals surface area contributed by atoms with Gasteiger partial charge in [0.05, 0.1) is 12.5 Å². The first-order valence-electron chi connectivity index (χ1n) is 6.14. The lowest BCUT2D eigenvalue weighted by Gasteiger charge is -2.27. The van der Waals surface area contributed by atoms with Crippen molar-refractivity contribution in [3.05, 3.63) is 11.6 Å². The summed E-state index contributed by atoms with van der Waals surface area (Å²) >= 11 is 6.78. The maximum atomic E-state index is 12.2. The van der Waals surface area contributed by atoms with Crippen molar-refractivity contribution in [2.45, 2.75) is 46.3 Å². The molecule has 0 unspecified atom stereocenters. The van der Waals surface area contributed by atoms with Crippen molar-refractivity contribution in [2.24, 2.45) is 5.92 Å².